The number of hydrogen-bond acceptors (Lipinski definition) is 6. The van der Waals surface area contributed by atoms with Crippen LogP contribution in [0.4, 0.5) is 11.6 Å². The zero-order valence-electron chi connectivity index (χ0n) is 13.2. The Morgan fingerprint density at radius 1 is 1.26 bits per heavy atom. The molecule has 0 saturated heterocycles. The van der Waals surface area contributed by atoms with Gasteiger partial charge in [0.15, 0.2) is 5.82 Å². The van der Waals surface area contributed by atoms with E-state index in [1.54, 1.807) is 18.7 Å². The lowest BCUT2D eigenvalue weighted by molar-refractivity contribution is 0.841. The van der Waals surface area contributed by atoms with Crippen molar-refractivity contribution in [2.24, 2.45) is 5.10 Å². The Morgan fingerprint density at radius 2 is 2.13 bits per heavy atom. The van der Waals surface area contributed by atoms with Crippen molar-refractivity contribution in [2.45, 2.75) is 13.8 Å². The molecule has 0 amide bonds. The Hall–Kier alpha value is -2.96. The number of pyridine rings is 1. The Kier molecular flexibility index (Phi) is 4.46. The average molecular weight is 309 g/mol. The summed E-state index contributed by atoms with van der Waals surface area (Å²) in [4.78, 5) is 18.1. The summed E-state index contributed by atoms with van der Waals surface area (Å²) in [6.07, 6.45) is 6.91. The largest absolute Gasteiger partial charge is 0.359 e. The number of aromatic amines is 1. The van der Waals surface area contributed by atoms with Gasteiger partial charge >= 0.3 is 0 Å². The summed E-state index contributed by atoms with van der Waals surface area (Å²) in [5.74, 6) is 1.54. The third-order valence-corrected chi connectivity index (χ3v) is 3.59. The van der Waals surface area contributed by atoms with Gasteiger partial charge in [0.25, 0.3) is 0 Å². The molecule has 3 heterocycles. The number of H-pyrrole nitrogens is 1. The van der Waals surface area contributed by atoms with Crippen molar-refractivity contribution >= 4 is 28.9 Å². The highest BCUT2D eigenvalue weighted by molar-refractivity contribution is 5.96. The first kappa shape index (κ1) is 15.0. The van der Waals surface area contributed by atoms with Crippen LogP contribution < -0.4 is 10.3 Å². The van der Waals surface area contributed by atoms with Crippen molar-refractivity contribution in [2.75, 3.05) is 23.4 Å². The number of hydrazone groups is 1. The summed E-state index contributed by atoms with van der Waals surface area (Å²) in [7, 11) is 0. The molecule has 0 unspecified atom stereocenters. The molecule has 118 valence electrons. The van der Waals surface area contributed by atoms with Gasteiger partial charge in [-0.15, -0.1) is 0 Å². The Balaban J connectivity index is 1.74. The van der Waals surface area contributed by atoms with Crippen LogP contribution in [0.5, 0.6) is 0 Å². The van der Waals surface area contributed by atoms with E-state index in [1.807, 2.05) is 24.4 Å². The number of fused-ring (bicyclic) bond motifs is 1. The van der Waals surface area contributed by atoms with E-state index in [9.17, 15) is 0 Å². The van der Waals surface area contributed by atoms with Crippen LogP contribution in [-0.2, 0) is 0 Å². The SMILES string of the molecule is CCN(CC)c1cc(N/N=C/c2c[nH]c3cccnc23)ncn1. The molecule has 0 atom stereocenters. The third kappa shape index (κ3) is 3.28. The zero-order valence-corrected chi connectivity index (χ0v) is 13.2. The van der Waals surface area contributed by atoms with Crippen molar-refractivity contribution < 1.29 is 0 Å². The molecule has 2 N–H and O–H groups in total. The molecule has 7 nitrogen and oxygen atoms in total. The van der Waals surface area contributed by atoms with Crippen LogP contribution in [0.15, 0.2) is 42.0 Å². The maximum atomic E-state index is 4.34. The average Bonchev–Trinajstić information content (AvgIpc) is 3.00. The lowest BCUT2D eigenvalue weighted by Gasteiger charge is -2.19. The second kappa shape index (κ2) is 6.87. The van der Waals surface area contributed by atoms with E-state index in [0.717, 1.165) is 35.5 Å². The van der Waals surface area contributed by atoms with E-state index in [-0.39, 0.29) is 0 Å². The maximum absolute atomic E-state index is 4.34. The molecule has 3 aromatic rings. The smallest absolute Gasteiger partial charge is 0.151 e. The normalized spacial score (nSPS) is 11.2. The summed E-state index contributed by atoms with van der Waals surface area (Å²) in [5.41, 5.74) is 5.74. The maximum Gasteiger partial charge on any atom is 0.151 e. The summed E-state index contributed by atoms with van der Waals surface area (Å²) in [6.45, 7) is 6.00. The predicted molar refractivity (Wildman–Crippen MR) is 92.9 cm³/mol. The van der Waals surface area contributed by atoms with Gasteiger partial charge in [-0.25, -0.2) is 9.97 Å². The van der Waals surface area contributed by atoms with Gasteiger partial charge in [0, 0.05) is 37.1 Å². The van der Waals surface area contributed by atoms with E-state index in [0.29, 0.717) is 5.82 Å². The topological polar surface area (TPSA) is 82.1 Å². The van der Waals surface area contributed by atoms with Gasteiger partial charge in [-0.1, -0.05) is 0 Å². The Labute approximate surface area is 134 Å². The van der Waals surface area contributed by atoms with Gasteiger partial charge in [0.05, 0.1) is 17.2 Å². The predicted octanol–water partition coefficient (Wildman–Crippen LogP) is 2.65. The fourth-order valence-electron chi connectivity index (χ4n) is 2.37. The molecule has 0 radical (unpaired) electrons. The summed E-state index contributed by atoms with van der Waals surface area (Å²) in [6, 6.07) is 5.76. The molecule has 0 bridgehead atoms. The fourth-order valence-corrected chi connectivity index (χ4v) is 2.37. The highest BCUT2D eigenvalue weighted by Crippen LogP contribution is 2.15. The molecule has 7 heteroatoms. The second-order valence-corrected chi connectivity index (χ2v) is 4.95. The quantitative estimate of drug-likeness (QED) is 0.540. The molecule has 23 heavy (non-hydrogen) atoms. The van der Waals surface area contributed by atoms with Crippen LogP contribution >= 0.6 is 0 Å². The molecule has 0 aliphatic heterocycles. The number of rotatable bonds is 6. The number of anilines is 2. The number of nitrogens with one attached hydrogen (secondary N) is 2. The molecule has 0 spiro atoms. The lowest BCUT2D eigenvalue weighted by atomic mass is 10.3. The van der Waals surface area contributed by atoms with Crippen LogP contribution in [0, 0.1) is 0 Å². The highest BCUT2D eigenvalue weighted by atomic mass is 15.3. The first-order chi connectivity index (χ1) is 11.3. The van der Waals surface area contributed by atoms with Crippen molar-refractivity contribution in [1.29, 1.82) is 0 Å². The van der Waals surface area contributed by atoms with E-state index in [4.69, 9.17) is 0 Å². The van der Waals surface area contributed by atoms with E-state index < -0.39 is 0 Å². The standard InChI is InChI=1S/C16H19N7/c1-3-23(4-2)15-8-14(19-11-20-15)22-21-10-12-9-18-13-6-5-7-17-16(12)13/h5-11,18H,3-4H2,1-2H3,(H,19,20,22)/b21-10+. The van der Waals surface area contributed by atoms with Gasteiger partial charge in [0.1, 0.15) is 12.1 Å². The summed E-state index contributed by atoms with van der Waals surface area (Å²) < 4.78 is 0. The first-order valence-electron chi connectivity index (χ1n) is 7.60. The Morgan fingerprint density at radius 3 is 2.96 bits per heavy atom. The van der Waals surface area contributed by atoms with Crippen molar-refractivity contribution in [3.63, 3.8) is 0 Å². The first-order valence-corrected chi connectivity index (χ1v) is 7.60. The number of hydrogen-bond donors (Lipinski definition) is 2. The lowest BCUT2D eigenvalue weighted by Crippen LogP contribution is -2.23. The monoisotopic (exact) mass is 309 g/mol. The third-order valence-electron chi connectivity index (χ3n) is 3.59. The molecule has 3 aromatic heterocycles. The molecule has 3 rings (SSSR count). The highest BCUT2D eigenvalue weighted by Gasteiger charge is 2.05. The van der Waals surface area contributed by atoms with Crippen molar-refractivity contribution in [3.05, 3.63) is 42.5 Å². The zero-order chi connectivity index (χ0) is 16.1. The summed E-state index contributed by atoms with van der Waals surface area (Å²) >= 11 is 0. The molecule has 0 fully saturated rings. The number of nitrogens with zero attached hydrogens (tertiary/aromatic N) is 5. The minimum Gasteiger partial charge on any atom is -0.359 e. The number of aromatic nitrogens is 4. The van der Waals surface area contributed by atoms with Crippen molar-refractivity contribution in [3.8, 4) is 0 Å². The molecular weight excluding hydrogens is 290 g/mol. The molecule has 0 saturated carbocycles. The van der Waals surface area contributed by atoms with Crippen LogP contribution in [0.3, 0.4) is 0 Å². The molecule has 0 aliphatic carbocycles. The van der Waals surface area contributed by atoms with Gasteiger partial charge in [-0.2, -0.15) is 5.10 Å². The van der Waals surface area contributed by atoms with E-state index >= 15 is 0 Å². The van der Waals surface area contributed by atoms with Crippen molar-refractivity contribution in [1.82, 2.24) is 19.9 Å². The minimum absolute atomic E-state index is 0.658. The van der Waals surface area contributed by atoms with Crippen LogP contribution in [0.25, 0.3) is 11.0 Å². The Bertz CT molecular complexity index is 805. The summed E-state index contributed by atoms with van der Waals surface area (Å²) in [5, 5.41) is 4.24. The van der Waals surface area contributed by atoms with Gasteiger partial charge in [-0.3, -0.25) is 10.4 Å². The molecular formula is C16H19N7. The van der Waals surface area contributed by atoms with Crippen LogP contribution in [-0.4, -0.2) is 39.2 Å². The van der Waals surface area contributed by atoms with Gasteiger partial charge < -0.3 is 9.88 Å². The fraction of sp³-hybridized carbons (Fsp3) is 0.250. The van der Waals surface area contributed by atoms with Crippen LogP contribution in [0.2, 0.25) is 0 Å². The second-order valence-electron chi connectivity index (χ2n) is 4.95. The van der Waals surface area contributed by atoms with Gasteiger partial charge in [0.2, 0.25) is 0 Å². The van der Waals surface area contributed by atoms with E-state index in [2.05, 4.69) is 49.2 Å². The molecule has 0 aliphatic rings. The van der Waals surface area contributed by atoms with Crippen LogP contribution in [0.1, 0.15) is 19.4 Å². The molecule has 0 aromatic carbocycles. The van der Waals surface area contributed by atoms with E-state index in [1.165, 1.54) is 0 Å². The van der Waals surface area contributed by atoms with Gasteiger partial charge in [-0.05, 0) is 26.0 Å². The minimum atomic E-state index is 0.658.